The van der Waals surface area contributed by atoms with Gasteiger partial charge in [0.25, 0.3) is 0 Å². The lowest BCUT2D eigenvalue weighted by Crippen LogP contribution is -2.30. The zero-order chi connectivity index (χ0) is 68.6. The van der Waals surface area contributed by atoms with Crippen LogP contribution in [-0.2, 0) is 65.4 Å². The highest BCUT2D eigenvalue weighted by atomic mass is 31.2. The molecule has 0 saturated heterocycles. The number of hydrogen-bond donors (Lipinski definition) is 3. The van der Waals surface area contributed by atoms with Gasteiger partial charge in [-0.25, -0.2) is 9.13 Å². The smallest absolute Gasteiger partial charge is 0.462 e. The molecule has 0 saturated carbocycles. The molecule has 19 heteroatoms. The number of esters is 4. The van der Waals surface area contributed by atoms with Gasteiger partial charge in [0.1, 0.15) is 19.3 Å². The molecule has 0 bridgehead atoms. The molecule has 0 aromatic heterocycles. The number of phosphoric acid groups is 2. The summed E-state index contributed by atoms with van der Waals surface area (Å²) < 4.78 is 68.4. The summed E-state index contributed by atoms with van der Waals surface area (Å²) in [6.45, 7) is 9.59. The van der Waals surface area contributed by atoms with Crippen LogP contribution < -0.4 is 0 Å². The average Bonchev–Trinajstić information content (AvgIpc) is 3.51. The zero-order valence-corrected chi connectivity index (χ0v) is 62.3. The maximum atomic E-state index is 13.1. The Balaban J connectivity index is 5.20. The summed E-state index contributed by atoms with van der Waals surface area (Å²) in [6.07, 6.45) is 52.7. The fourth-order valence-corrected chi connectivity index (χ4v) is 12.8. The quantitative estimate of drug-likeness (QED) is 0.0222. The molecule has 93 heavy (non-hydrogen) atoms. The van der Waals surface area contributed by atoms with Crippen molar-refractivity contribution in [3.8, 4) is 0 Å². The number of hydrogen-bond acceptors (Lipinski definition) is 15. The van der Waals surface area contributed by atoms with Gasteiger partial charge in [-0.3, -0.25) is 37.3 Å². The third-order valence-corrected chi connectivity index (χ3v) is 19.8. The van der Waals surface area contributed by atoms with E-state index in [0.29, 0.717) is 25.7 Å². The zero-order valence-electron chi connectivity index (χ0n) is 60.6. The molecular weight excluding hydrogens is 1220 g/mol. The topological polar surface area (TPSA) is 237 Å². The van der Waals surface area contributed by atoms with Gasteiger partial charge in [0.15, 0.2) is 12.2 Å². The van der Waals surface area contributed by atoms with Crippen LogP contribution in [0.2, 0.25) is 0 Å². The molecule has 17 nitrogen and oxygen atoms in total. The second kappa shape index (κ2) is 66.0. The summed E-state index contributed by atoms with van der Waals surface area (Å²) in [6, 6.07) is 0. The van der Waals surface area contributed by atoms with Crippen LogP contribution in [-0.4, -0.2) is 96.7 Å². The number of rotatable bonds is 73. The van der Waals surface area contributed by atoms with Gasteiger partial charge in [-0.15, -0.1) is 0 Å². The molecule has 0 rings (SSSR count). The van der Waals surface area contributed by atoms with Crippen molar-refractivity contribution in [1.29, 1.82) is 0 Å². The van der Waals surface area contributed by atoms with Gasteiger partial charge in [-0.2, -0.15) is 0 Å². The van der Waals surface area contributed by atoms with E-state index in [0.717, 1.165) is 115 Å². The summed E-state index contributed by atoms with van der Waals surface area (Å²) in [4.78, 5) is 72.6. The van der Waals surface area contributed by atoms with E-state index in [1.165, 1.54) is 186 Å². The molecule has 0 aromatic rings. The van der Waals surface area contributed by atoms with E-state index in [9.17, 15) is 43.2 Å². The van der Waals surface area contributed by atoms with Crippen molar-refractivity contribution in [2.24, 2.45) is 11.8 Å². The summed E-state index contributed by atoms with van der Waals surface area (Å²) in [5.41, 5.74) is 0. The predicted molar refractivity (Wildman–Crippen MR) is 377 cm³/mol. The van der Waals surface area contributed by atoms with Gasteiger partial charge < -0.3 is 33.8 Å². The standard InChI is InChI=1S/C74H144O17P2/c1-7-11-13-15-17-18-19-20-21-22-23-24-25-26-34-40-46-52-58-73(78)91-70(63-85-72(77)57-51-45-39-33-29-27-31-37-42-48-54-66(5)9-3)65-89-93(82,83)87-61-68(75)60-86-92(80,81)88-64-69(62-84-71(76)56-50-44-36-16-14-12-8-2)90-74(79)59-53-47-41-35-30-28-32-38-43-49-55-67(6)10-4/h66-70,75H,7-65H2,1-6H3,(H,80,81)(H,82,83)/t66?,67?,68-,69+,70+/m0/s1. The van der Waals surface area contributed by atoms with Gasteiger partial charge in [0, 0.05) is 25.7 Å². The first kappa shape index (κ1) is 91.1. The van der Waals surface area contributed by atoms with E-state index >= 15 is 0 Å². The molecule has 0 fully saturated rings. The fourth-order valence-electron chi connectivity index (χ4n) is 11.2. The first-order valence-corrected chi connectivity index (χ1v) is 41.6. The molecule has 7 atom stereocenters. The van der Waals surface area contributed by atoms with Crippen LogP contribution in [0.1, 0.15) is 382 Å². The molecule has 0 radical (unpaired) electrons. The molecule has 0 aliphatic heterocycles. The minimum absolute atomic E-state index is 0.106. The summed E-state index contributed by atoms with van der Waals surface area (Å²) in [5, 5.41) is 10.6. The lowest BCUT2D eigenvalue weighted by Gasteiger charge is -2.21. The van der Waals surface area contributed by atoms with E-state index in [1.54, 1.807) is 0 Å². The largest absolute Gasteiger partial charge is 0.472 e. The molecular formula is C74H144O17P2. The highest BCUT2D eigenvalue weighted by molar-refractivity contribution is 7.47. The summed E-state index contributed by atoms with van der Waals surface area (Å²) >= 11 is 0. The van der Waals surface area contributed by atoms with E-state index in [4.69, 9.17) is 37.0 Å². The maximum Gasteiger partial charge on any atom is 0.472 e. The maximum absolute atomic E-state index is 13.1. The van der Waals surface area contributed by atoms with Gasteiger partial charge in [-0.05, 0) is 37.5 Å². The van der Waals surface area contributed by atoms with E-state index in [-0.39, 0.29) is 25.7 Å². The van der Waals surface area contributed by atoms with Crippen molar-refractivity contribution < 1.29 is 80.2 Å². The SMILES string of the molecule is CCCCCCCCCCCCCCCCCCCCC(=O)O[C@H](COC(=O)CCCCCCCCCCCCC(C)CC)COP(=O)(O)OC[C@@H](O)COP(=O)(O)OC[C@@H](COC(=O)CCCCCCCCC)OC(=O)CCCCCCCCCCCCC(C)CC. The molecule has 0 heterocycles. The van der Waals surface area contributed by atoms with Crippen LogP contribution in [0.15, 0.2) is 0 Å². The van der Waals surface area contributed by atoms with Gasteiger partial charge in [-0.1, -0.05) is 330 Å². The predicted octanol–water partition coefficient (Wildman–Crippen LogP) is 21.6. The molecule has 4 unspecified atom stereocenters. The Hall–Kier alpha value is -1.94. The number of aliphatic hydroxyl groups is 1. The molecule has 0 amide bonds. The number of phosphoric ester groups is 2. The van der Waals surface area contributed by atoms with Crippen LogP contribution in [0.4, 0.5) is 0 Å². The first-order valence-electron chi connectivity index (χ1n) is 38.6. The molecule has 0 aromatic carbocycles. The number of unbranched alkanes of at least 4 members (excludes halogenated alkanes) is 41. The lowest BCUT2D eigenvalue weighted by atomic mass is 9.99. The van der Waals surface area contributed by atoms with Crippen LogP contribution in [0.25, 0.3) is 0 Å². The second-order valence-corrected chi connectivity index (χ2v) is 30.1. The second-order valence-electron chi connectivity index (χ2n) is 27.2. The summed E-state index contributed by atoms with van der Waals surface area (Å²) in [7, 11) is -9.90. The van der Waals surface area contributed by atoms with Crippen molar-refractivity contribution >= 4 is 39.5 Å². The van der Waals surface area contributed by atoms with Crippen molar-refractivity contribution in [2.45, 2.75) is 400 Å². The van der Waals surface area contributed by atoms with Crippen molar-refractivity contribution in [2.75, 3.05) is 39.6 Å². The Labute approximate surface area is 568 Å². The van der Waals surface area contributed by atoms with Gasteiger partial charge in [0.05, 0.1) is 26.4 Å². The monoisotopic (exact) mass is 1370 g/mol. The number of carbonyl (C=O) groups is 4. The third-order valence-electron chi connectivity index (χ3n) is 17.9. The fraction of sp³-hybridized carbons (Fsp3) is 0.946. The van der Waals surface area contributed by atoms with Gasteiger partial charge >= 0.3 is 39.5 Å². The molecule has 0 aliphatic rings. The van der Waals surface area contributed by atoms with Crippen molar-refractivity contribution in [3.05, 3.63) is 0 Å². The Morgan fingerprint density at radius 3 is 0.763 bits per heavy atom. The third kappa shape index (κ3) is 65.8. The van der Waals surface area contributed by atoms with Crippen LogP contribution in [0, 0.1) is 11.8 Å². The van der Waals surface area contributed by atoms with Crippen molar-refractivity contribution in [1.82, 2.24) is 0 Å². The highest BCUT2D eigenvalue weighted by Crippen LogP contribution is 2.45. The van der Waals surface area contributed by atoms with Crippen LogP contribution in [0.5, 0.6) is 0 Å². The van der Waals surface area contributed by atoms with E-state index in [1.807, 2.05) is 0 Å². The number of aliphatic hydroxyl groups excluding tert-OH is 1. The Morgan fingerprint density at radius 2 is 0.516 bits per heavy atom. The molecule has 0 aliphatic carbocycles. The van der Waals surface area contributed by atoms with Gasteiger partial charge in [0.2, 0.25) is 0 Å². The van der Waals surface area contributed by atoms with E-state index < -0.39 is 97.5 Å². The summed E-state index contributed by atoms with van der Waals surface area (Å²) in [5.74, 6) is -0.509. The minimum atomic E-state index is -4.95. The van der Waals surface area contributed by atoms with Crippen LogP contribution >= 0.6 is 15.6 Å². The van der Waals surface area contributed by atoms with E-state index in [2.05, 4.69) is 41.5 Å². The van der Waals surface area contributed by atoms with Crippen LogP contribution in [0.3, 0.4) is 0 Å². The average molecular weight is 1370 g/mol. The van der Waals surface area contributed by atoms with Crippen molar-refractivity contribution in [3.63, 3.8) is 0 Å². The molecule has 0 spiro atoms. The molecule has 552 valence electrons. The number of carbonyl (C=O) groups excluding carboxylic acids is 4. The Kier molecular flexibility index (Phi) is 64.6. The normalized spacial score (nSPS) is 14.6. The number of ether oxygens (including phenoxy) is 4. The minimum Gasteiger partial charge on any atom is -0.462 e. The Morgan fingerprint density at radius 1 is 0.301 bits per heavy atom. The lowest BCUT2D eigenvalue weighted by molar-refractivity contribution is -0.161. The highest BCUT2D eigenvalue weighted by Gasteiger charge is 2.30. The first-order chi connectivity index (χ1) is 44.9. The Bertz CT molecular complexity index is 1810. The molecule has 3 N–H and O–H groups in total.